The Bertz CT molecular complexity index is 1530. The van der Waals surface area contributed by atoms with E-state index < -0.39 is 17.8 Å². The van der Waals surface area contributed by atoms with Gasteiger partial charge in [0.1, 0.15) is 0 Å². The first kappa shape index (κ1) is 30.2. The van der Waals surface area contributed by atoms with Crippen LogP contribution in [0.15, 0.2) is 60.8 Å². The highest BCUT2D eigenvalue weighted by Gasteiger charge is 2.54. The number of amides is 3. The fourth-order valence-corrected chi connectivity index (χ4v) is 6.24. The van der Waals surface area contributed by atoms with Crippen LogP contribution in [0.3, 0.4) is 0 Å². The normalized spacial score (nSPS) is 21.7. The molecule has 2 heterocycles. The summed E-state index contributed by atoms with van der Waals surface area (Å²) < 4.78 is 1.54. The molecule has 2 aliphatic rings. The zero-order chi connectivity index (χ0) is 30.1. The molecule has 12 heteroatoms. The second kappa shape index (κ2) is 12.6. The SMILES string of the molecule is CC1C=CC2C(=O)N(Cc3ccccc3)C(=O)C2C1C(=O)N(C)CCN(C)Cc1cn(-c2cc(Cl)c(Cl)cc2Cl)nn1. The molecular weight excluding hydrogens is 599 g/mol. The summed E-state index contributed by atoms with van der Waals surface area (Å²) in [5, 5.41) is 9.51. The predicted molar refractivity (Wildman–Crippen MR) is 161 cm³/mol. The highest BCUT2D eigenvalue weighted by atomic mass is 35.5. The molecule has 1 aromatic heterocycles. The molecule has 1 aliphatic carbocycles. The molecule has 4 atom stereocenters. The highest BCUT2D eigenvalue weighted by Crippen LogP contribution is 2.42. The number of allylic oxidation sites excluding steroid dienone is 1. The predicted octanol–water partition coefficient (Wildman–Crippen LogP) is 4.74. The minimum Gasteiger partial charge on any atom is -0.344 e. The van der Waals surface area contributed by atoms with Gasteiger partial charge >= 0.3 is 0 Å². The lowest BCUT2D eigenvalue weighted by molar-refractivity contribution is -0.145. The van der Waals surface area contributed by atoms with Crippen LogP contribution >= 0.6 is 34.8 Å². The van der Waals surface area contributed by atoms with Gasteiger partial charge in [-0.2, -0.15) is 0 Å². The maximum Gasteiger partial charge on any atom is 0.237 e. The summed E-state index contributed by atoms with van der Waals surface area (Å²) in [6.45, 7) is 3.60. The topological polar surface area (TPSA) is 91.6 Å². The largest absolute Gasteiger partial charge is 0.344 e. The molecule has 3 amide bonds. The molecule has 3 aromatic rings. The highest BCUT2D eigenvalue weighted by molar-refractivity contribution is 6.43. The van der Waals surface area contributed by atoms with Gasteiger partial charge in [-0.05, 0) is 30.7 Å². The zero-order valence-corrected chi connectivity index (χ0v) is 25.7. The van der Waals surface area contributed by atoms with Crippen molar-refractivity contribution in [1.29, 1.82) is 0 Å². The van der Waals surface area contributed by atoms with Gasteiger partial charge in [-0.1, -0.05) is 89.4 Å². The smallest absolute Gasteiger partial charge is 0.237 e. The van der Waals surface area contributed by atoms with E-state index >= 15 is 0 Å². The van der Waals surface area contributed by atoms with E-state index in [1.165, 1.54) is 4.90 Å². The number of hydrogen-bond acceptors (Lipinski definition) is 6. The van der Waals surface area contributed by atoms with Crippen LogP contribution in [0.25, 0.3) is 5.69 Å². The van der Waals surface area contributed by atoms with Crippen LogP contribution in [0.2, 0.25) is 15.1 Å². The first-order chi connectivity index (χ1) is 20.0. The van der Waals surface area contributed by atoms with Crippen molar-refractivity contribution in [3.8, 4) is 5.69 Å². The van der Waals surface area contributed by atoms with E-state index in [9.17, 15) is 14.4 Å². The van der Waals surface area contributed by atoms with Crippen LogP contribution in [0.4, 0.5) is 0 Å². The fourth-order valence-electron chi connectivity index (χ4n) is 5.61. The van der Waals surface area contributed by atoms with Gasteiger partial charge in [0, 0.05) is 26.7 Å². The van der Waals surface area contributed by atoms with E-state index in [0.29, 0.717) is 46.1 Å². The van der Waals surface area contributed by atoms with Gasteiger partial charge in [0.25, 0.3) is 0 Å². The average Bonchev–Trinajstić information content (AvgIpc) is 3.52. The van der Waals surface area contributed by atoms with Crippen LogP contribution in [-0.4, -0.2) is 74.6 Å². The molecule has 1 aliphatic heterocycles. The summed E-state index contributed by atoms with van der Waals surface area (Å²) >= 11 is 18.5. The van der Waals surface area contributed by atoms with E-state index in [0.717, 1.165) is 5.56 Å². The van der Waals surface area contributed by atoms with Gasteiger partial charge in [0.2, 0.25) is 17.7 Å². The standard InChI is InChI=1S/C30H31Cl3N6O3/c1-18-9-10-21-27(30(42)38(28(21)40)15-19-7-5-4-6-8-19)26(18)29(41)37(3)12-11-36(2)16-20-17-39(35-34-20)25-14-23(32)22(31)13-24(25)33/h4-10,13-14,17-18,21,26-27H,11-12,15-16H2,1-3H3. The van der Waals surface area contributed by atoms with Gasteiger partial charge in [0.05, 0.1) is 56.9 Å². The summed E-state index contributed by atoms with van der Waals surface area (Å²) in [6.07, 6.45) is 5.46. The molecule has 1 saturated heterocycles. The van der Waals surface area contributed by atoms with Crippen molar-refractivity contribution < 1.29 is 14.4 Å². The van der Waals surface area contributed by atoms with Crippen LogP contribution in [0.5, 0.6) is 0 Å². The van der Waals surface area contributed by atoms with E-state index in [4.69, 9.17) is 34.8 Å². The minimum absolute atomic E-state index is 0.141. The van der Waals surface area contributed by atoms with Gasteiger partial charge < -0.3 is 4.90 Å². The van der Waals surface area contributed by atoms with Gasteiger partial charge in [-0.15, -0.1) is 5.10 Å². The number of nitrogens with zero attached hydrogens (tertiary/aromatic N) is 6. The fraction of sp³-hybridized carbons (Fsp3) is 0.367. The van der Waals surface area contributed by atoms with Crippen molar-refractivity contribution in [2.75, 3.05) is 27.2 Å². The van der Waals surface area contributed by atoms with Crippen molar-refractivity contribution in [1.82, 2.24) is 29.7 Å². The number of hydrogen-bond donors (Lipinski definition) is 0. The Balaban J connectivity index is 1.21. The summed E-state index contributed by atoms with van der Waals surface area (Å²) in [6, 6.07) is 12.6. The molecule has 220 valence electrons. The molecule has 0 bridgehead atoms. The summed E-state index contributed by atoms with van der Waals surface area (Å²) in [5.41, 5.74) is 2.14. The summed E-state index contributed by atoms with van der Waals surface area (Å²) in [7, 11) is 3.66. The molecule has 2 aromatic carbocycles. The summed E-state index contributed by atoms with van der Waals surface area (Å²) in [5.74, 6) is -2.75. The lowest BCUT2D eigenvalue weighted by atomic mass is 9.71. The van der Waals surface area contributed by atoms with E-state index in [-0.39, 0.29) is 30.2 Å². The third kappa shape index (κ3) is 6.10. The number of rotatable bonds is 9. The molecule has 0 radical (unpaired) electrons. The Kier molecular flexibility index (Phi) is 9.03. The molecule has 4 unspecified atom stereocenters. The van der Waals surface area contributed by atoms with E-state index in [2.05, 4.69) is 10.3 Å². The van der Waals surface area contributed by atoms with Crippen molar-refractivity contribution in [3.63, 3.8) is 0 Å². The molecule has 1 fully saturated rings. The monoisotopic (exact) mass is 628 g/mol. The molecule has 0 spiro atoms. The van der Waals surface area contributed by atoms with Crippen molar-refractivity contribution >= 4 is 52.5 Å². The Morgan fingerprint density at radius 1 is 0.952 bits per heavy atom. The minimum atomic E-state index is -0.697. The molecule has 5 rings (SSSR count). The van der Waals surface area contributed by atoms with Gasteiger partial charge in [-0.25, -0.2) is 4.68 Å². The van der Waals surface area contributed by atoms with Gasteiger partial charge in [-0.3, -0.25) is 24.2 Å². The number of benzene rings is 2. The van der Waals surface area contributed by atoms with E-state index in [1.807, 2.05) is 55.3 Å². The third-order valence-corrected chi connectivity index (χ3v) is 8.96. The number of aromatic nitrogens is 3. The Morgan fingerprint density at radius 2 is 1.67 bits per heavy atom. The molecule has 9 nitrogen and oxygen atoms in total. The van der Waals surface area contributed by atoms with Crippen LogP contribution in [0, 0.1) is 23.7 Å². The lowest BCUT2D eigenvalue weighted by Crippen LogP contribution is -2.46. The number of likely N-dealkylation sites (N-methyl/N-ethyl adjacent to an activating group) is 2. The molecular formula is C30H31Cl3N6O3. The summed E-state index contributed by atoms with van der Waals surface area (Å²) in [4.78, 5) is 45.4. The molecule has 0 N–H and O–H groups in total. The number of halogens is 3. The first-order valence-corrected chi connectivity index (χ1v) is 14.8. The Morgan fingerprint density at radius 3 is 2.40 bits per heavy atom. The van der Waals surface area contributed by atoms with Crippen molar-refractivity contribution in [2.24, 2.45) is 23.7 Å². The Labute approximate surface area is 259 Å². The molecule has 42 heavy (non-hydrogen) atoms. The lowest BCUT2D eigenvalue weighted by Gasteiger charge is -2.34. The second-order valence-electron chi connectivity index (χ2n) is 10.9. The van der Waals surface area contributed by atoms with Crippen LogP contribution in [-0.2, 0) is 27.5 Å². The maximum atomic E-state index is 13.7. The van der Waals surface area contributed by atoms with Crippen LogP contribution in [0.1, 0.15) is 18.2 Å². The number of imide groups is 1. The zero-order valence-electron chi connectivity index (χ0n) is 23.5. The Hall–Kier alpha value is -3.24. The maximum absolute atomic E-state index is 13.7. The average molecular weight is 630 g/mol. The van der Waals surface area contributed by atoms with Crippen molar-refractivity contribution in [3.05, 3.63) is 87.1 Å². The van der Waals surface area contributed by atoms with Gasteiger partial charge in [0.15, 0.2) is 0 Å². The number of carbonyl (C=O) groups excluding carboxylic acids is 3. The number of fused-ring (bicyclic) bond motifs is 1. The number of likely N-dealkylation sites (tertiary alicyclic amines) is 1. The second-order valence-corrected chi connectivity index (χ2v) is 12.2. The first-order valence-electron chi connectivity index (χ1n) is 13.6. The quantitative estimate of drug-likeness (QED) is 0.193. The molecule has 0 saturated carbocycles. The number of carbonyl (C=O) groups is 3. The van der Waals surface area contributed by atoms with E-state index in [1.54, 1.807) is 41.0 Å². The van der Waals surface area contributed by atoms with Crippen LogP contribution < -0.4 is 0 Å². The van der Waals surface area contributed by atoms with Crippen molar-refractivity contribution in [2.45, 2.75) is 20.0 Å². The third-order valence-electron chi connectivity index (χ3n) is 7.94.